The number of benzene rings is 2. The minimum atomic E-state index is 0.0191. The summed E-state index contributed by atoms with van der Waals surface area (Å²) >= 11 is 0. The van der Waals surface area contributed by atoms with Crippen LogP contribution in [0.4, 0.5) is 5.69 Å². The summed E-state index contributed by atoms with van der Waals surface area (Å²) in [4.78, 5) is 14.8. The fourth-order valence-corrected chi connectivity index (χ4v) is 3.20. The van der Waals surface area contributed by atoms with E-state index in [0.29, 0.717) is 6.54 Å². The number of hydrogen-bond donors (Lipinski definition) is 1. The minimum absolute atomic E-state index is 0.0191. The van der Waals surface area contributed by atoms with Gasteiger partial charge in [0.25, 0.3) is 0 Å². The second-order valence-electron chi connectivity index (χ2n) is 6.53. The lowest BCUT2D eigenvalue weighted by molar-refractivity contribution is -0.117. The first-order chi connectivity index (χ1) is 12.5. The van der Waals surface area contributed by atoms with Crippen molar-refractivity contribution in [2.24, 2.45) is 0 Å². The number of carbonyl (C=O) groups is 1. The van der Waals surface area contributed by atoms with Gasteiger partial charge in [0, 0.05) is 11.7 Å². The smallest absolute Gasteiger partial charge is 0.238 e. The summed E-state index contributed by atoms with van der Waals surface area (Å²) in [6.45, 7) is 9.48. The fraction of sp³-hybridized carbons (Fsp3) is 0.409. The molecule has 1 atom stereocenters. The van der Waals surface area contributed by atoms with Gasteiger partial charge in [-0.25, -0.2) is 0 Å². The molecule has 2 rings (SSSR count). The first-order valence-electron chi connectivity index (χ1n) is 9.26. The topological polar surface area (TPSA) is 41.6 Å². The van der Waals surface area contributed by atoms with E-state index in [0.717, 1.165) is 35.5 Å². The molecule has 4 heteroatoms. The Morgan fingerprint density at radius 1 is 1.19 bits per heavy atom. The average Bonchev–Trinajstić information content (AvgIpc) is 2.67. The molecule has 0 spiro atoms. The fourth-order valence-electron chi connectivity index (χ4n) is 3.20. The minimum Gasteiger partial charge on any atom is -0.497 e. The first-order valence-corrected chi connectivity index (χ1v) is 9.26. The lowest BCUT2D eigenvalue weighted by Gasteiger charge is -2.28. The van der Waals surface area contributed by atoms with Crippen LogP contribution >= 0.6 is 0 Å². The molecule has 0 saturated heterocycles. The van der Waals surface area contributed by atoms with Crippen LogP contribution in [0.2, 0.25) is 0 Å². The van der Waals surface area contributed by atoms with E-state index in [2.05, 4.69) is 43.1 Å². The molecule has 2 aromatic rings. The summed E-state index contributed by atoms with van der Waals surface area (Å²) in [5, 5.41) is 3.12. The summed E-state index contributed by atoms with van der Waals surface area (Å²) in [5.74, 6) is 0.855. The Labute approximate surface area is 157 Å². The van der Waals surface area contributed by atoms with E-state index in [1.807, 2.05) is 37.3 Å². The predicted octanol–water partition coefficient (Wildman–Crippen LogP) is 4.59. The van der Waals surface area contributed by atoms with E-state index < -0.39 is 0 Å². The number of aryl methyl sites for hydroxylation is 2. The van der Waals surface area contributed by atoms with Crippen molar-refractivity contribution in [3.63, 3.8) is 0 Å². The molecule has 1 N–H and O–H groups in total. The summed E-state index contributed by atoms with van der Waals surface area (Å²) in [7, 11) is 1.67. The summed E-state index contributed by atoms with van der Waals surface area (Å²) in [5.41, 5.74) is 4.36. The highest BCUT2D eigenvalue weighted by molar-refractivity contribution is 5.93. The van der Waals surface area contributed by atoms with Crippen LogP contribution in [0.5, 0.6) is 5.75 Å². The van der Waals surface area contributed by atoms with E-state index in [4.69, 9.17) is 4.74 Å². The molecule has 0 radical (unpaired) electrons. The second kappa shape index (κ2) is 9.39. The molecular weight excluding hydrogens is 324 g/mol. The zero-order valence-electron chi connectivity index (χ0n) is 16.5. The number of carbonyl (C=O) groups excluding carboxylic acids is 1. The van der Waals surface area contributed by atoms with Crippen molar-refractivity contribution in [2.45, 2.75) is 40.2 Å². The molecule has 4 nitrogen and oxygen atoms in total. The van der Waals surface area contributed by atoms with E-state index in [-0.39, 0.29) is 11.9 Å². The van der Waals surface area contributed by atoms with Gasteiger partial charge < -0.3 is 10.1 Å². The SMILES string of the molecule is CCc1cccc(C)c1NC(=O)CN(CC)C(C)c1cccc(OC)c1. The maximum atomic E-state index is 12.7. The van der Waals surface area contributed by atoms with Crippen LogP contribution in [0.1, 0.15) is 43.5 Å². The van der Waals surface area contributed by atoms with Crippen LogP contribution in [0.3, 0.4) is 0 Å². The van der Waals surface area contributed by atoms with Gasteiger partial charge in [0.2, 0.25) is 5.91 Å². The van der Waals surface area contributed by atoms with Crippen LogP contribution in [0.15, 0.2) is 42.5 Å². The van der Waals surface area contributed by atoms with Gasteiger partial charge in [0.05, 0.1) is 13.7 Å². The Balaban J connectivity index is 2.10. The van der Waals surface area contributed by atoms with Crippen LogP contribution in [-0.2, 0) is 11.2 Å². The standard InChI is InChI=1S/C22H30N2O2/c1-6-18-11-8-10-16(3)22(18)23-21(25)15-24(7-2)17(4)19-12-9-13-20(14-19)26-5/h8-14,17H,6-7,15H2,1-5H3,(H,23,25). The van der Waals surface area contributed by atoms with E-state index in [9.17, 15) is 4.79 Å². The molecule has 0 aliphatic heterocycles. The van der Waals surface area contributed by atoms with Gasteiger partial charge in [-0.15, -0.1) is 0 Å². The van der Waals surface area contributed by atoms with Gasteiger partial charge in [0.15, 0.2) is 0 Å². The summed E-state index contributed by atoms with van der Waals surface area (Å²) in [6.07, 6.45) is 0.898. The molecule has 0 fully saturated rings. The molecule has 0 aliphatic carbocycles. The van der Waals surface area contributed by atoms with Crippen molar-refractivity contribution < 1.29 is 9.53 Å². The van der Waals surface area contributed by atoms with Crippen molar-refractivity contribution in [1.29, 1.82) is 0 Å². The Hall–Kier alpha value is -2.33. The number of methoxy groups -OCH3 is 1. The molecule has 26 heavy (non-hydrogen) atoms. The lowest BCUT2D eigenvalue weighted by atomic mass is 10.1. The van der Waals surface area contributed by atoms with Crippen molar-refractivity contribution in [2.75, 3.05) is 25.5 Å². The van der Waals surface area contributed by atoms with Gasteiger partial charge in [-0.2, -0.15) is 0 Å². The largest absolute Gasteiger partial charge is 0.497 e. The molecule has 0 heterocycles. The highest BCUT2D eigenvalue weighted by Crippen LogP contribution is 2.25. The second-order valence-corrected chi connectivity index (χ2v) is 6.53. The van der Waals surface area contributed by atoms with Gasteiger partial charge in [-0.1, -0.05) is 44.2 Å². The molecule has 2 aromatic carbocycles. The predicted molar refractivity (Wildman–Crippen MR) is 108 cm³/mol. The van der Waals surface area contributed by atoms with Crippen LogP contribution in [0.25, 0.3) is 0 Å². The molecule has 0 aromatic heterocycles. The number of nitrogens with one attached hydrogen (secondary N) is 1. The molecular formula is C22H30N2O2. The highest BCUT2D eigenvalue weighted by atomic mass is 16.5. The Kier molecular flexibility index (Phi) is 7.22. The number of hydrogen-bond acceptors (Lipinski definition) is 3. The van der Waals surface area contributed by atoms with Crippen molar-refractivity contribution in [3.05, 3.63) is 59.2 Å². The molecule has 0 aliphatic rings. The third-order valence-electron chi connectivity index (χ3n) is 4.88. The van der Waals surface area contributed by atoms with Crippen LogP contribution in [0, 0.1) is 6.92 Å². The third-order valence-corrected chi connectivity index (χ3v) is 4.88. The van der Waals surface area contributed by atoms with Gasteiger partial charge in [-0.05, 0) is 55.6 Å². The number of para-hydroxylation sites is 1. The number of anilines is 1. The molecule has 1 amide bonds. The number of likely N-dealkylation sites (N-methyl/N-ethyl adjacent to an activating group) is 1. The quantitative estimate of drug-likeness (QED) is 0.754. The van der Waals surface area contributed by atoms with Crippen LogP contribution in [-0.4, -0.2) is 31.0 Å². The monoisotopic (exact) mass is 354 g/mol. The molecule has 0 bridgehead atoms. The number of ether oxygens (including phenoxy) is 1. The highest BCUT2D eigenvalue weighted by Gasteiger charge is 2.18. The zero-order valence-corrected chi connectivity index (χ0v) is 16.5. The first kappa shape index (κ1) is 20.0. The van der Waals surface area contributed by atoms with Gasteiger partial charge in [-0.3, -0.25) is 9.69 Å². The number of nitrogens with zero attached hydrogens (tertiary/aromatic N) is 1. The van der Waals surface area contributed by atoms with Crippen molar-refractivity contribution >= 4 is 11.6 Å². The lowest BCUT2D eigenvalue weighted by Crippen LogP contribution is -2.35. The van der Waals surface area contributed by atoms with Crippen molar-refractivity contribution in [3.8, 4) is 5.75 Å². The number of rotatable bonds is 8. The maximum Gasteiger partial charge on any atom is 0.238 e. The maximum absolute atomic E-state index is 12.7. The Bertz CT molecular complexity index is 743. The Morgan fingerprint density at radius 2 is 1.92 bits per heavy atom. The van der Waals surface area contributed by atoms with Crippen LogP contribution < -0.4 is 10.1 Å². The van der Waals surface area contributed by atoms with Gasteiger partial charge >= 0.3 is 0 Å². The van der Waals surface area contributed by atoms with E-state index in [1.165, 1.54) is 5.56 Å². The normalized spacial score (nSPS) is 12.1. The van der Waals surface area contributed by atoms with Crippen molar-refractivity contribution in [1.82, 2.24) is 4.90 Å². The molecule has 140 valence electrons. The molecule has 0 saturated carbocycles. The van der Waals surface area contributed by atoms with Gasteiger partial charge in [0.1, 0.15) is 5.75 Å². The summed E-state index contributed by atoms with van der Waals surface area (Å²) < 4.78 is 5.32. The molecule has 1 unspecified atom stereocenters. The van der Waals surface area contributed by atoms with E-state index in [1.54, 1.807) is 7.11 Å². The van der Waals surface area contributed by atoms with E-state index >= 15 is 0 Å². The Morgan fingerprint density at radius 3 is 2.58 bits per heavy atom. The summed E-state index contributed by atoms with van der Waals surface area (Å²) in [6, 6.07) is 14.3. The average molecular weight is 354 g/mol. The zero-order chi connectivity index (χ0) is 19.1. The number of amides is 1. The third kappa shape index (κ3) is 4.85.